The normalized spacial score (nSPS) is 26.9. The first kappa shape index (κ1) is 16.1. The highest BCUT2D eigenvalue weighted by molar-refractivity contribution is 5.83. The van der Waals surface area contributed by atoms with E-state index in [0.717, 1.165) is 19.5 Å². The molecular formula is C16H19F3N2O2. The van der Waals surface area contributed by atoms with Crippen LogP contribution in [0.25, 0.3) is 0 Å². The molecule has 1 aliphatic heterocycles. The van der Waals surface area contributed by atoms with E-state index < -0.39 is 6.36 Å². The molecule has 0 radical (unpaired) electrons. The molecule has 126 valence electrons. The van der Waals surface area contributed by atoms with Gasteiger partial charge in [0.2, 0.25) is 5.91 Å². The van der Waals surface area contributed by atoms with Crippen molar-refractivity contribution in [3.63, 3.8) is 0 Å². The van der Waals surface area contributed by atoms with Crippen molar-refractivity contribution in [2.75, 3.05) is 20.1 Å². The molecule has 4 nitrogen and oxygen atoms in total. The first-order chi connectivity index (χ1) is 10.9. The Bertz CT molecular complexity index is 585. The molecule has 0 aromatic heterocycles. The average Bonchev–Trinajstić information content (AvgIpc) is 3.08. The number of hydrogen-bond donors (Lipinski definition) is 1. The molecular weight excluding hydrogens is 309 g/mol. The number of carbonyl (C=O) groups is 1. The summed E-state index contributed by atoms with van der Waals surface area (Å²) >= 11 is 0. The Morgan fingerprint density at radius 2 is 2.09 bits per heavy atom. The molecule has 3 rings (SSSR count). The van der Waals surface area contributed by atoms with Crippen molar-refractivity contribution in [2.24, 2.45) is 5.92 Å². The maximum atomic E-state index is 12.5. The number of nitrogens with one attached hydrogen (secondary N) is 1. The standard InChI is InChI=1S/C16H19F3N2O2/c1-21(10-6-7-20-9-10)15(22)13-8-12(13)11-4-2-3-5-14(11)23-16(17,18)19/h2-5,10,12-13,20H,6-9H2,1H3. The van der Waals surface area contributed by atoms with E-state index in [0.29, 0.717) is 12.0 Å². The summed E-state index contributed by atoms with van der Waals surface area (Å²) in [4.78, 5) is 14.2. The third-order valence-corrected chi connectivity index (χ3v) is 4.58. The smallest absolute Gasteiger partial charge is 0.405 e. The molecule has 0 spiro atoms. The fourth-order valence-electron chi connectivity index (χ4n) is 3.23. The number of halogens is 3. The minimum atomic E-state index is -4.73. The lowest BCUT2D eigenvalue weighted by Crippen LogP contribution is -2.39. The number of para-hydroxylation sites is 1. The van der Waals surface area contributed by atoms with E-state index in [4.69, 9.17) is 0 Å². The first-order valence-corrected chi connectivity index (χ1v) is 7.69. The van der Waals surface area contributed by atoms with Gasteiger partial charge in [0.15, 0.2) is 0 Å². The maximum absolute atomic E-state index is 12.5. The third kappa shape index (κ3) is 3.60. The summed E-state index contributed by atoms with van der Waals surface area (Å²) in [6, 6.07) is 6.25. The van der Waals surface area contributed by atoms with Gasteiger partial charge < -0.3 is 15.0 Å². The predicted molar refractivity (Wildman–Crippen MR) is 78.0 cm³/mol. The van der Waals surface area contributed by atoms with Crippen molar-refractivity contribution in [1.82, 2.24) is 10.2 Å². The van der Waals surface area contributed by atoms with E-state index in [1.54, 1.807) is 24.1 Å². The monoisotopic (exact) mass is 328 g/mol. The first-order valence-electron chi connectivity index (χ1n) is 7.69. The second kappa shape index (κ2) is 6.03. The molecule has 23 heavy (non-hydrogen) atoms. The Morgan fingerprint density at radius 3 is 2.74 bits per heavy atom. The lowest BCUT2D eigenvalue weighted by Gasteiger charge is -2.24. The Balaban J connectivity index is 1.69. The van der Waals surface area contributed by atoms with Crippen molar-refractivity contribution >= 4 is 5.91 Å². The Kier molecular flexibility index (Phi) is 4.23. The van der Waals surface area contributed by atoms with Gasteiger partial charge in [0.1, 0.15) is 5.75 Å². The van der Waals surface area contributed by atoms with Gasteiger partial charge >= 0.3 is 6.36 Å². The zero-order valence-corrected chi connectivity index (χ0v) is 12.8. The second-order valence-corrected chi connectivity index (χ2v) is 6.13. The van der Waals surface area contributed by atoms with Crippen molar-refractivity contribution in [3.8, 4) is 5.75 Å². The van der Waals surface area contributed by atoms with Crippen LogP contribution in [0.5, 0.6) is 5.75 Å². The van der Waals surface area contributed by atoms with Crippen LogP contribution in [0, 0.1) is 5.92 Å². The van der Waals surface area contributed by atoms with Crippen LogP contribution in [-0.2, 0) is 4.79 Å². The quantitative estimate of drug-likeness (QED) is 0.923. The predicted octanol–water partition coefficient (Wildman–Crippen LogP) is 2.51. The summed E-state index contributed by atoms with van der Waals surface area (Å²) in [6.45, 7) is 1.66. The Hall–Kier alpha value is -1.76. The number of amides is 1. The number of hydrogen-bond acceptors (Lipinski definition) is 3. The minimum absolute atomic E-state index is 0.00510. The lowest BCUT2D eigenvalue weighted by atomic mass is 10.1. The molecule has 7 heteroatoms. The maximum Gasteiger partial charge on any atom is 0.573 e. The lowest BCUT2D eigenvalue weighted by molar-refractivity contribution is -0.274. The minimum Gasteiger partial charge on any atom is -0.405 e. The number of carbonyl (C=O) groups excluding carboxylic acids is 1. The molecule has 1 amide bonds. The fourth-order valence-corrected chi connectivity index (χ4v) is 3.23. The van der Waals surface area contributed by atoms with Crippen LogP contribution in [0.3, 0.4) is 0 Å². The van der Waals surface area contributed by atoms with Crippen LogP contribution >= 0.6 is 0 Å². The molecule has 2 fully saturated rings. The van der Waals surface area contributed by atoms with Gasteiger partial charge in [-0.05, 0) is 36.9 Å². The van der Waals surface area contributed by atoms with Crippen LogP contribution < -0.4 is 10.1 Å². The molecule has 3 atom stereocenters. The van der Waals surface area contributed by atoms with Crippen LogP contribution in [0.1, 0.15) is 24.3 Å². The average molecular weight is 328 g/mol. The highest BCUT2D eigenvalue weighted by Crippen LogP contribution is 2.51. The third-order valence-electron chi connectivity index (χ3n) is 4.58. The number of ether oxygens (including phenoxy) is 1. The summed E-state index contributed by atoms with van der Waals surface area (Å²) in [6.07, 6.45) is -3.24. The van der Waals surface area contributed by atoms with Gasteiger partial charge in [0.05, 0.1) is 0 Å². The van der Waals surface area contributed by atoms with Crippen molar-refractivity contribution in [3.05, 3.63) is 29.8 Å². The molecule has 1 aliphatic carbocycles. The van der Waals surface area contributed by atoms with Gasteiger partial charge in [-0.1, -0.05) is 18.2 Å². The van der Waals surface area contributed by atoms with Crippen molar-refractivity contribution < 1.29 is 22.7 Å². The van der Waals surface area contributed by atoms with E-state index in [9.17, 15) is 18.0 Å². The molecule has 1 heterocycles. The van der Waals surface area contributed by atoms with E-state index in [-0.39, 0.29) is 29.5 Å². The van der Waals surface area contributed by atoms with Gasteiger partial charge in [0.25, 0.3) is 0 Å². The molecule has 1 saturated carbocycles. The van der Waals surface area contributed by atoms with Crippen molar-refractivity contribution in [2.45, 2.75) is 31.2 Å². The molecule has 2 aliphatic rings. The summed E-state index contributed by atoms with van der Waals surface area (Å²) < 4.78 is 41.6. The van der Waals surface area contributed by atoms with Gasteiger partial charge in [-0.25, -0.2) is 0 Å². The SMILES string of the molecule is CN(C(=O)C1CC1c1ccccc1OC(F)(F)F)C1CCNC1. The van der Waals surface area contributed by atoms with E-state index in [1.807, 2.05) is 0 Å². The van der Waals surface area contributed by atoms with E-state index in [2.05, 4.69) is 10.1 Å². The second-order valence-electron chi connectivity index (χ2n) is 6.13. The molecule has 1 saturated heterocycles. The van der Waals surface area contributed by atoms with Gasteiger partial charge in [-0.2, -0.15) is 0 Å². The number of alkyl halides is 3. The largest absolute Gasteiger partial charge is 0.573 e. The van der Waals surface area contributed by atoms with Gasteiger partial charge in [-0.15, -0.1) is 13.2 Å². The van der Waals surface area contributed by atoms with Gasteiger partial charge in [-0.3, -0.25) is 4.79 Å². The van der Waals surface area contributed by atoms with Gasteiger partial charge in [0, 0.05) is 25.6 Å². The molecule has 0 bridgehead atoms. The number of benzene rings is 1. The summed E-state index contributed by atoms with van der Waals surface area (Å²) in [5, 5.41) is 3.21. The number of likely N-dealkylation sites (N-methyl/N-ethyl adjacent to an activating group) is 1. The molecule has 1 N–H and O–H groups in total. The summed E-state index contributed by atoms with van der Waals surface area (Å²) in [7, 11) is 1.77. The zero-order chi connectivity index (χ0) is 16.6. The summed E-state index contributed by atoms with van der Waals surface area (Å²) in [5.41, 5.74) is 0.459. The summed E-state index contributed by atoms with van der Waals surface area (Å²) in [5.74, 6) is -0.646. The van der Waals surface area contributed by atoms with Crippen LogP contribution in [0.2, 0.25) is 0 Å². The molecule has 1 aromatic carbocycles. The van der Waals surface area contributed by atoms with E-state index >= 15 is 0 Å². The molecule has 3 unspecified atom stereocenters. The molecule has 1 aromatic rings. The highest BCUT2D eigenvalue weighted by atomic mass is 19.4. The van der Waals surface area contributed by atoms with E-state index in [1.165, 1.54) is 12.1 Å². The van der Waals surface area contributed by atoms with Crippen LogP contribution in [0.4, 0.5) is 13.2 Å². The Labute approximate surface area is 132 Å². The number of rotatable bonds is 4. The topological polar surface area (TPSA) is 41.6 Å². The van der Waals surface area contributed by atoms with Crippen molar-refractivity contribution in [1.29, 1.82) is 0 Å². The Morgan fingerprint density at radius 1 is 1.35 bits per heavy atom. The van der Waals surface area contributed by atoms with Crippen LogP contribution in [-0.4, -0.2) is 43.3 Å². The van der Waals surface area contributed by atoms with Crippen LogP contribution in [0.15, 0.2) is 24.3 Å². The number of nitrogens with zero attached hydrogens (tertiary/aromatic N) is 1. The zero-order valence-electron chi connectivity index (χ0n) is 12.8. The fraction of sp³-hybridized carbons (Fsp3) is 0.562. The highest BCUT2D eigenvalue weighted by Gasteiger charge is 2.48.